The Morgan fingerprint density at radius 3 is 2.62 bits per heavy atom. The zero-order valence-electron chi connectivity index (χ0n) is 8.22. The zero-order chi connectivity index (χ0) is 8.94. The van der Waals surface area contributed by atoms with Crippen LogP contribution in [0.15, 0.2) is 0 Å². The van der Waals surface area contributed by atoms with Crippen LogP contribution in [0, 0.1) is 11.3 Å². The van der Waals surface area contributed by atoms with Gasteiger partial charge < -0.3 is 10.5 Å². The second-order valence-electron chi connectivity index (χ2n) is 5.13. The van der Waals surface area contributed by atoms with E-state index in [1.807, 2.05) is 0 Å². The lowest BCUT2D eigenvalue weighted by molar-refractivity contribution is -0.0774. The second-order valence-corrected chi connectivity index (χ2v) is 5.13. The van der Waals surface area contributed by atoms with Crippen LogP contribution in [0.5, 0.6) is 0 Å². The van der Waals surface area contributed by atoms with E-state index in [1.54, 1.807) is 0 Å². The van der Waals surface area contributed by atoms with Crippen molar-refractivity contribution in [3.05, 3.63) is 0 Å². The number of fused-ring (bicyclic) bond motifs is 2. The first-order valence-corrected chi connectivity index (χ1v) is 5.67. The Balaban J connectivity index is 1.88. The highest BCUT2D eigenvalue weighted by Gasteiger charge is 2.70. The van der Waals surface area contributed by atoms with Crippen molar-refractivity contribution in [2.45, 2.75) is 44.1 Å². The van der Waals surface area contributed by atoms with Gasteiger partial charge >= 0.3 is 0 Å². The van der Waals surface area contributed by atoms with Gasteiger partial charge in [-0.3, -0.25) is 0 Å². The molecule has 1 saturated heterocycles. The third-order valence-corrected chi connectivity index (χ3v) is 4.73. The Hall–Kier alpha value is -0.0800. The Morgan fingerprint density at radius 1 is 1.23 bits per heavy atom. The number of hydrogen-bond acceptors (Lipinski definition) is 2. The fourth-order valence-corrected chi connectivity index (χ4v) is 3.76. The summed E-state index contributed by atoms with van der Waals surface area (Å²) in [6, 6.07) is 0. The maximum absolute atomic E-state index is 6.06. The molecule has 0 radical (unpaired) electrons. The Kier molecular flexibility index (Phi) is 1.58. The molecule has 2 saturated carbocycles. The zero-order valence-corrected chi connectivity index (χ0v) is 8.22. The lowest BCUT2D eigenvalue weighted by Crippen LogP contribution is -2.44. The predicted octanol–water partition coefficient (Wildman–Crippen LogP) is 1.68. The predicted molar refractivity (Wildman–Crippen MR) is 51.4 cm³/mol. The lowest BCUT2D eigenvalue weighted by Gasteiger charge is -2.40. The molecule has 2 N–H and O–H groups in total. The Labute approximate surface area is 79.8 Å². The summed E-state index contributed by atoms with van der Waals surface area (Å²) in [5, 5.41) is 0. The maximum atomic E-state index is 6.06. The largest absolute Gasteiger partial charge is 0.374 e. The van der Waals surface area contributed by atoms with Crippen molar-refractivity contribution in [3.8, 4) is 0 Å². The molecule has 0 amide bonds. The van der Waals surface area contributed by atoms with E-state index in [0.29, 0.717) is 5.41 Å². The molecule has 1 heterocycles. The SMILES string of the molecule is NC[C@]12C[C@H]1COC21CCCCC1. The van der Waals surface area contributed by atoms with Gasteiger partial charge in [-0.2, -0.15) is 0 Å². The van der Waals surface area contributed by atoms with E-state index in [0.717, 1.165) is 19.1 Å². The van der Waals surface area contributed by atoms with Gasteiger partial charge in [0.05, 0.1) is 12.2 Å². The van der Waals surface area contributed by atoms with Crippen LogP contribution in [-0.2, 0) is 4.74 Å². The van der Waals surface area contributed by atoms with Crippen LogP contribution in [0.2, 0.25) is 0 Å². The van der Waals surface area contributed by atoms with Crippen LogP contribution in [0.4, 0.5) is 0 Å². The van der Waals surface area contributed by atoms with E-state index in [-0.39, 0.29) is 5.60 Å². The average Bonchev–Trinajstić information content (AvgIpc) is 2.86. The van der Waals surface area contributed by atoms with Crippen LogP contribution in [-0.4, -0.2) is 18.8 Å². The quantitative estimate of drug-likeness (QED) is 0.668. The monoisotopic (exact) mass is 181 g/mol. The van der Waals surface area contributed by atoms with Gasteiger partial charge in [0.1, 0.15) is 0 Å². The molecule has 0 aromatic rings. The van der Waals surface area contributed by atoms with Gasteiger partial charge in [-0.15, -0.1) is 0 Å². The number of nitrogens with two attached hydrogens (primary N) is 1. The molecule has 2 atom stereocenters. The summed E-state index contributed by atoms with van der Waals surface area (Å²) < 4.78 is 6.06. The van der Waals surface area contributed by atoms with E-state index < -0.39 is 0 Å². The van der Waals surface area contributed by atoms with E-state index in [9.17, 15) is 0 Å². The topological polar surface area (TPSA) is 35.2 Å². The van der Waals surface area contributed by atoms with Crippen LogP contribution in [0.25, 0.3) is 0 Å². The van der Waals surface area contributed by atoms with E-state index in [1.165, 1.54) is 38.5 Å². The molecule has 1 spiro atoms. The summed E-state index contributed by atoms with van der Waals surface area (Å²) in [6.45, 7) is 1.86. The third-order valence-electron chi connectivity index (χ3n) is 4.73. The minimum Gasteiger partial charge on any atom is -0.374 e. The van der Waals surface area contributed by atoms with Crippen molar-refractivity contribution in [3.63, 3.8) is 0 Å². The van der Waals surface area contributed by atoms with Gasteiger partial charge in [0.25, 0.3) is 0 Å². The first-order chi connectivity index (χ1) is 6.33. The number of ether oxygens (including phenoxy) is 1. The molecule has 0 aromatic carbocycles. The van der Waals surface area contributed by atoms with Crippen LogP contribution < -0.4 is 5.73 Å². The van der Waals surface area contributed by atoms with Crippen LogP contribution in [0.1, 0.15) is 38.5 Å². The van der Waals surface area contributed by atoms with Crippen LogP contribution >= 0.6 is 0 Å². The summed E-state index contributed by atoms with van der Waals surface area (Å²) in [5.74, 6) is 0.815. The summed E-state index contributed by atoms with van der Waals surface area (Å²) in [4.78, 5) is 0. The Morgan fingerprint density at radius 2 is 2.00 bits per heavy atom. The van der Waals surface area contributed by atoms with E-state index in [4.69, 9.17) is 10.5 Å². The van der Waals surface area contributed by atoms with Gasteiger partial charge in [0.2, 0.25) is 0 Å². The molecule has 13 heavy (non-hydrogen) atoms. The summed E-state index contributed by atoms with van der Waals surface area (Å²) in [7, 11) is 0. The molecule has 0 unspecified atom stereocenters. The second kappa shape index (κ2) is 2.48. The number of hydrogen-bond donors (Lipinski definition) is 1. The molecule has 2 heteroatoms. The van der Waals surface area contributed by atoms with Crippen molar-refractivity contribution in [1.29, 1.82) is 0 Å². The molecule has 2 nitrogen and oxygen atoms in total. The van der Waals surface area contributed by atoms with E-state index in [2.05, 4.69) is 0 Å². The minimum absolute atomic E-state index is 0.227. The first kappa shape index (κ1) is 8.25. The highest BCUT2D eigenvalue weighted by atomic mass is 16.5. The van der Waals surface area contributed by atoms with Crippen LogP contribution in [0.3, 0.4) is 0 Å². The molecular formula is C11H19NO. The standard InChI is InChI=1S/C11H19NO/c12-8-10-6-9(10)7-13-11(10)4-2-1-3-5-11/h9H,1-8,12H2/t9-,10+/m0/s1. The summed E-state index contributed by atoms with van der Waals surface area (Å²) >= 11 is 0. The summed E-state index contributed by atoms with van der Waals surface area (Å²) in [6.07, 6.45) is 8.02. The fraction of sp³-hybridized carbons (Fsp3) is 1.00. The molecule has 3 aliphatic rings. The fourth-order valence-electron chi connectivity index (χ4n) is 3.76. The first-order valence-electron chi connectivity index (χ1n) is 5.67. The molecule has 0 aromatic heterocycles. The average molecular weight is 181 g/mol. The normalized spacial score (nSPS) is 46.4. The smallest absolute Gasteiger partial charge is 0.0754 e. The molecular weight excluding hydrogens is 162 g/mol. The third kappa shape index (κ3) is 0.861. The van der Waals surface area contributed by atoms with Crippen molar-refractivity contribution in [2.75, 3.05) is 13.2 Å². The molecule has 74 valence electrons. The van der Waals surface area contributed by atoms with Gasteiger partial charge in [-0.25, -0.2) is 0 Å². The maximum Gasteiger partial charge on any atom is 0.0754 e. The van der Waals surface area contributed by atoms with Crippen molar-refractivity contribution >= 4 is 0 Å². The van der Waals surface area contributed by atoms with Crippen molar-refractivity contribution in [1.82, 2.24) is 0 Å². The molecule has 2 aliphatic carbocycles. The molecule has 3 fully saturated rings. The Bertz CT molecular complexity index is 218. The highest BCUT2D eigenvalue weighted by molar-refractivity contribution is 5.19. The molecule has 3 rings (SSSR count). The summed E-state index contributed by atoms with van der Waals surface area (Å²) in [5.41, 5.74) is 6.59. The van der Waals surface area contributed by atoms with Gasteiger partial charge in [-0.05, 0) is 25.2 Å². The van der Waals surface area contributed by atoms with Crippen molar-refractivity contribution in [2.24, 2.45) is 17.1 Å². The van der Waals surface area contributed by atoms with Gasteiger partial charge in [0, 0.05) is 12.0 Å². The van der Waals surface area contributed by atoms with Crippen molar-refractivity contribution < 1.29 is 4.74 Å². The van der Waals surface area contributed by atoms with Gasteiger partial charge in [0.15, 0.2) is 0 Å². The minimum atomic E-state index is 0.227. The number of rotatable bonds is 1. The highest BCUT2D eigenvalue weighted by Crippen LogP contribution is 2.68. The molecule has 0 bridgehead atoms. The van der Waals surface area contributed by atoms with E-state index >= 15 is 0 Å². The molecule has 1 aliphatic heterocycles. The van der Waals surface area contributed by atoms with Gasteiger partial charge in [-0.1, -0.05) is 19.3 Å². The lowest BCUT2D eigenvalue weighted by atomic mass is 9.73.